The number of amides is 2. The number of imide groups is 1. The number of rotatable bonds is 6. The average Bonchev–Trinajstić information content (AvgIpc) is 3.02. The van der Waals surface area contributed by atoms with Gasteiger partial charge in [-0.25, -0.2) is 4.39 Å². The summed E-state index contributed by atoms with van der Waals surface area (Å²) in [6.07, 6.45) is 1.54. The van der Waals surface area contributed by atoms with E-state index >= 15 is 0 Å². The maximum Gasteiger partial charge on any atom is 0.293 e. The summed E-state index contributed by atoms with van der Waals surface area (Å²) in [7, 11) is 0. The molecule has 4 nitrogen and oxygen atoms in total. The molecule has 3 aromatic carbocycles. The Kier molecular flexibility index (Phi) is 7.53. The highest BCUT2D eigenvalue weighted by Crippen LogP contribution is 2.38. The summed E-state index contributed by atoms with van der Waals surface area (Å²) in [5.74, 6) is -0.647. The molecule has 0 unspecified atom stereocenters. The van der Waals surface area contributed by atoms with Gasteiger partial charge in [-0.2, -0.15) is 0 Å². The highest BCUT2D eigenvalue weighted by atomic mass is 35.5. The quantitative estimate of drug-likeness (QED) is 0.300. The molecule has 34 heavy (non-hydrogen) atoms. The predicted molar refractivity (Wildman–Crippen MR) is 135 cm³/mol. The zero-order valence-corrected chi connectivity index (χ0v) is 20.9. The molecule has 1 fully saturated rings. The van der Waals surface area contributed by atoms with Crippen LogP contribution in [0.5, 0.6) is 5.75 Å². The van der Waals surface area contributed by atoms with E-state index in [1.807, 2.05) is 31.2 Å². The molecule has 0 saturated carbocycles. The van der Waals surface area contributed by atoms with Crippen molar-refractivity contribution in [2.24, 2.45) is 0 Å². The van der Waals surface area contributed by atoms with Gasteiger partial charge in [0.05, 0.1) is 21.5 Å². The summed E-state index contributed by atoms with van der Waals surface area (Å²) < 4.78 is 19.1. The number of ether oxygens (including phenoxy) is 1. The van der Waals surface area contributed by atoms with Gasteiger partial charge in [-0.1, -0.05) is 70.7 Å². The minimum Gasteiger partial charge on any atom is -0.486 e. The number of halogens is 4. The first kappa shape index (κ1) is 24.6. The van der Waals surface area contributed by atoms with Crippen molar-refractivity contribution < 1.29 is 18.7 Å². The van der Waals surface area contributed by atoms with Gasteiger partial charge >= 0.3 is 0 Å². The highest BCUT2D eigenvalue weighted by molar-refractivity contribution is 8.18. The molecule has 2 amide bonds. The van der Waals surface area contributed by atoms with Crippen molar-refractivity contribution in [3.8, 4) is 5.75 Å². The Balaban J connectivity index is 1.51. The fraction of sp³-hybridized carbons (Fsp3) is 0.120. The van der Waals surface area contributed by atoms with Gasteiger partial charge in [0.15, 0.2) is 5.75 Å². The third-order valence-electron chi connectivity index (χ3n) is 5.00. The number of thioether (sulfide) groups is 1. The van der Waals surface area contributed by atoms with Crippen molar-refractivity contribution in [2.45, 2.75) is 20.1 Å². The maximum absolute atomic E-state index is 13.3. The van der Waals surface area contributed by atoms with Crippen LogP contribution in [0.2, 0.25) is 15.1 Å². The third-order valence-corrected chi connectivity index (χ3v) is 6.82. The van der Waals surface area contributed by atoms with Crippen LogP contribution in [-0.4, -0.2) is 16.0 Å². The molecule has 3 aromatic rings. The van der Waals surface area contributed by atoms with E-state index in [1.54, 1.807) is 18.2 Å². The first-order chi connectivity index (χ1) is 16.2. The van der Waals surface area contributed by atoms with Gasteiger partial charge < -0.3 is 4.74 Å². The van der Waals surface area contributed by atoms with E-state index in [4.69, 9.17) is 39.5 Å². The molecule has 1 aliphatic rings. The van der Waals surface area contributed by atoms with Gasteiger partial charge in [-0.15, -0.1) is 0 Å². The summed E-state index contributed by atoms with van der Waals surface area (Å²) >= 11 is 19.6. The van der Waals surface area contributed by atoms with E-state index in [0.717, 1.165) is 33.9 Å². The lowest BCUT2D eigenvalue weighted by Crippen LogP contribution is -2.27. The SMILES string of the molecule is Cc1cccc(COc2c(Cl)cc(/C=C3\SC(=O)N(Cc4ccc(F)cc4Cl)C3=O)cc2Cl)c1. The molecule has 1 aliphatic heterocycles. The van der Waals surface area contributed by atoms with E-state index in [2.05, 4.69) is 0 Å². The molecular weight excluding hydrogens is 520 g/mol. The number of aryl methyl sites for hydroxylation is 1. The molecule has 9 heteroatoms. The Bertz CT molecular complexity index is 1310. The van der Waals surface area contributed by atoms with Crippen molar-refractivity contribution in [2.75, 3.05) is 0 Å². The van der Waals surface area contributed by atoms with Crippen molar-refractivity contribution in [3.05, 3.63) is 103 Å². The molecule has 1 heterocycles. The number of nitrogens with zero attached hydrogens (tertiary/aromatic N) is 1. The number of carbonyl (C=O) groups excluding carboxylic acids is 2. The Hall–Kier alpha value is -2.51. The summed E-state index contributed by atoms with van der Waals surface area (Å²) in [5.41, 5.74) is 3.10. The number of hydrogen-bond acceptors (Lipinski definition) is 4. The van der Waals surface area contributed by atoms with Crippen molar-refractivity contribution in [1.29, 1.82) is 0 Å². The Morgan fingerprint density at radius 3 is 2.41 bits per heavy atom. The second kappa shape index (κ2) is 10.4. The molecule has 4 rings (SSSR count). The van der Waals surface area contributed by atoms with Crippen LogP contribution >= 0.6 is 46.6 Å². The van der Waals surface area contributed by atoms with Gasteiger partial charge in [0, 0.05) is 5.02 Å². The third kappa shape index (κ3) is 5.58. The topological polar surface area (TPSA) is 46.6 Å². The Labute approximate surface area is 215 Å². The summed E-state index contributed by atoms with van der Waals surface area (Å²) in [5, 5.41) is 0.252. The first-order valence-electron chi connectivity index (χ1n) is 10.1. The van der Waals surface area contributed by atoms with E-state index in [-0.39, 0.29) is 26.5 Å². The van der Waals surface area contributed by atoms with Gasteiger partial charge in [0.25, 0.3) is 11.1 Å². The van der Waals surface area contributed by atoms with E-state index in [0.29, 0.717) is 23.5 Å². The van der Waals surface area contributed by atoms with Crippen LogP contribution in [-0.2, 0) is 17.9 Å². The second-order valence-corrected chi connectivity index (χ2v) is 9.81. The molecule has 0 bridgehead atoms. The predicted octanol–water partition coefficient (Wildman–Crippen LogP) is 7.91. The highest BCUT2D eigenvalue weighted by Gasteiger charge is 2.35. The lowest BCUT2D eigenvalue weighted by molar-refractivity contribution is -0.123. The summed E-state index contributed by atoms with van der Waals surface area (Å²) in [4.78, 5) is 26.5. The van der Waals surface area contributed by atoms with Crippen LogP contribution in [0.4, 0.5) is 9.18 Å². The minimum atomic E-state index is -0.497. The standard InChI is InChI=1S/C25H17Cl3FNO3S/c1-14-3-2-4-15(7-14)13-33-23-20(27)8-16(9-21(23)28)10-22-24(31)30(25(32)34-22)12-17-5-6-18(29)11-19(17)26/h2-11H,12-13H2,1H3/b22-10-. The van der Waals surface area contributed by atoms with Crippen molar-refractivity contribution >= 4 is 63.8 Å². The molecule has 0 aromatic heterocycles. The largest absolute Gasteiger partial charge is 0.486 e. The lowest BCUT2D eigenvalue weighted by atomic mass is 10.1. The monoisotopic (exact) mass is 535 g/mol. The van der Waals surface area contributed by atoms with E-state index < -0.39 is 17.0 Å². The van der Waals surface area contributed by atoms with Crippen LogP contribution in [0, 0.1) is 12.7 Å². The van der Waals surface area contributed by atoms with Crippen molar-refractivity contribution in [3.63, 3.8) is 0 Å². The Morgan fingerprint density at radius 1 is 1.00 bits per heavy atom. The fourth-order valence-electron chi connectivity index (χ4n) is 3.37. The van der Waals surface area contributed by atoms with Crippen LogP contribution in [0.25, 0.3) is 6.08 Å². The fourth-order valence-corrected chi connectivity index (χ4v) is 5.04. The molecule has 0 N–H and O–H groups in total. The second-order valence-electron chi connectivity index (χ2n) is 7.59. The molecular formula is C25H17Cl3FNO3S. The van der Waals surface area contributed by atoms with Gasteiger partial charge in [0.1, 0.15) is 12.4 Å². The summed E-state index contributed by atoms with van der Waals surface area (Å²) in [6, 6.07) is 14.9. The number of benzene rings is 3. The molecule has 0 radical (unpaired) electrons. The smallest absolute Gasteiger partial charge is 0.293 e. The van der Waals surface area contributed by atoms with E-state index in [1.165, 1.54) is 12.1 Å². The van der Waals surface area contributed by atoms with Gasteiger partial charge in [0.2, 0.25) is 0 Å². The zero-order chi connectivity index (χ0) is 24.4. The van der Waals surface area contributed by atoms with Crippen LogP contribution in [0.1, 0.15) is 22.3 Å². The van der Waals surface area contributed by atoms with E-state index in [9.17, 15) is 14.0 Å². The normalized spacial score (nSPS) is 14.9. The number of carbonyl (C=O) groups is 2. The van der Waals surface area contributed by atoms with Crippen LogP contribution in [0.3, 0.4) is 0 Å². The number of hydrogen-bond donors (Lipinski definition) is 0. The van der Waals surface area contributed by atoms with Gasteiger partial charge in [-0.3, -0.25) is 14.5 Å². The summed E-state index contributed by atoms with van der Waals surface area (Å²) in [6.45, 7) is 2.23. The maximum atomic E-state index is 13.3. The molecule has 0 aliphatic carbocycles. The van der Waals surface area contributed by atoms with Crippen LogP contribution < -0.4 is 4.74 Å². The molecule has 174 valence electrons. The lowest BCUT2D eigenvalue weighted by Gasteiger charge is -2.13. The van der Waals surface area contributed by atoms with Crippen LogP contribution in [0.15, 0.2) is 59.5 Å². The minimum absolute atomic E-state index is 0.0611. The zero-order valence-electron chi connectivity index (χ0n) is 17.8. The Morgan fingerprint density at radius 2 is 1.74 bits per heavy atom. The van der Waals surface area contributed by atoms with Gasteiger partial charge in [-0.05, 0) is 65.7 Å². The average molecular weight is 537 g/mol. The molecule has 0 atom stereocenters. The molecule has 0 spiro atoms. The molecule has 1 saturated heterocycles. The first-order valence-corrected chi connectivity index (χ1v) is 12.0. The van der Waals surface area contributed by atoms with Crippen molar-refractivity contribution in [1.82, 2.24) is 4.90 Å².